The van der Waals surface area contributed by atoms with E-state index in [9.17, 15) is 4.79 Å². The summed E-state index contributed by atoms with van der Waals surface area (Å²) in [5.74, 6) is 1.43. The topological polar surface area (TPSA) is 83.4 Å². The van der Waals surface area contributed by atoms with Crippen LogP contribution in [0, 0.1) is 0 Å². The normalized spacial score (nSPS) is 11.5. The Morgan fingerprint density at radius 3 is 1.70 bits per heavy atom. The quantitative estimate of drug-likeness (QED) is 0.120. The molecule has 0 aliphatic rings. The Labute approximate surface area is 308 Å². The van der Waals surface area contributed by atoms with Crippen molar-refractivity contribution in [3.05, 3.63) is 208 Å². The van der Waals surface area contributed by atoms with Gasteiger partial charge in [0.25, 0.3) is 0 Å². The molecular weight excluding hydrogens is 655 g/mol. The number of benzene rings is 6. The average molecular weight is 694 g/mol. The molecule has 8 nitrogen and oxygen atoms in total. The van der Waals surface area contributed by atoms with Gasteiger partial charge in [0.2, 0.25) is 0 Å². The molecule has 8 heteroatoms. The number of hydrogen-bond acceptors (Lipinski definition) is 5. The first-order chi connectivity index (χ1) is 26.2. The minimum absolute atomic E-state index is 0.137. The second-order valence-electron chi connectivity index (χ2n) is 13.1. The number of rotatable bonds is 12. The van der Waals surface area contributed by atoms with Crippen LogP contribution in [-0.2, 0) is 18.5 Å². The Bertz CT molecular complexity index is 2370. The van der Waals surface area contributed by atoms with Gasteiger partial charge in [-0.05, 0) is 62.4 Å². The van der Waals surface area contributed by atoms with E-state index in [4.69, 9.17) is 15.4 Å². The highest BCUT2D eigenvalue weighted by molar-refractivity contribution is 5.81. The van der Waals surface area contributed by atoms with E-state index < -0.39 is 5.54 Å². The molecule has 0 radical (unpaired) electrons. The van der Waals surface area contributed by atoms with E-state index in [2.05, 4.69) is 121 Å². The van der Waals surface area contributed by atoms with Crippen molar-refractivity contribution in [1.29, 1.82) is 0 Å². The Morgan fingerprint density at radius 1 is 0.604 bits per heavy atom. The van der Waals surface area contributed by atoms with Gasteiger partial charge < -0.3 is 0 Å². The van der Waals surface area contributed by atoms with Crippen molar-refractivity contribution in [2.24, 2.45) is 0 Å². The van der Waals surface area contributed by atoms with Gasteiger partial charge in [0.1, 0.15) is 11.4 Å². The SMILES string of the molecule is CCCCc1nn(-c2ccccc2)c(=O)n1Cc1ccc(-c2ccccc2-c2nnnn2C(c2ccccc2)(c2ccccc2)c2ccccc2)cc1. The van der Waals surface area contributed by atoms with E-state index in [1.165, 1.54) is 4.68 Å². The van der Waals surface area contributed by atoms with Crippen molar-refractivity contribution in [2.45, 2.75) is 38.3 Å². The van der Waals surface area contributed by atoms with E-state index in [1.54, 1.807) is 4.57 Å². The van der Waals surface area contributed by atoms with E-state index in [0.29, 0.717) is 12.4 Å². The van der Waals surface area contributed by atoms with Crippen LogP contribution in [0.2, 0.25) is 0 Å². The maximum absolute atomic E-state index is 13.7. The second-order valence-corrected chi connectivity index (χ2v) is 13.1. The number of tetrazole rings is 1. The molecule has 0 fully saturated rings. The zero-order valence-corrected chi connectivity index (χ0v) is 29.5. The van der Waals surface area contributed by atoms with Gasteiger partial charge in [-0.15, -0.1) is 10.2 Å². The molecule has 2 heterocycles. The number of unbranched alkanes of at least 4 members (excludes halogenated alkanes) is 1. The smallest absolute Gasteiger partial charge is 0.274 e. The van der Waals surface area contributed by atoms with Crippen LogP contribution in [0.15, 0.2) is 175 Å². The molecule has 0 bridgehead atoms. The maximum atomic E-state index is 13.7. The van der Waals surface area contributed by atoms with E-state index >= 15 is 0 Å². The zero-order chi connectivity index (χ0) is 36.0. The molecule has 0 aliphatic heterocycles. The fourth-order valence-corrected chi connectivity index (χ4v) is 7.24. The molecule has 0 unspecified atom stereocenters. The lowest BCUT2D eigenvalue weighted by atomic mass is 9.77. The third kappa shape index (κ3) is 6.29. The molecule has 0 spiro atoms. The van der Waals surface area contributed by atoms with Gasteiger partial charge in [0.05, 0.1) is 12.2 Å². The summed E-state index contributed by atoms with van der Waals surface area (Å²) in [7, 11) is 0. The monoisotopic (exact) mass is 693 g/mol. The summed E-state index contributed by atoms with van der Waals surface area (Å²) < 4.78 is 5.28. The molecule has 0 amide bonds. The summed E-state index contributed by atoms with van der Waals surface area (Å²) in [6.07, 6.45) is 2.72. The standard InChI is InChI=1S/C45H39N7O/c1-2-3-28-42-47-51(39-24-14-7-15-25-39)44(53)50(42)33-34-29-31-35(32-30-34)40-26-16-17-27-41(40)43-46-48-49-52(43)45(36-18-8-4-9-19-36,37-20-10-5-11-21-37)38-22-12-6-13-23-38/h4-27,29-32H,2-3,28,33H2,1H3. The number of nitrogens with zero attached hydrogens (tertiary/aromatic N) is 7. The zero-order valence-electron chi connectivity index (χ0n) is 29.5. The van der Waals surface area contributed by atoms with Gasteiger partial charge in [-0.2, -0.15) is 4.68 Å². The minimum Gasteiger partial charge on any atom is -0.274 e. The van der Waals surface area contributed by atoms with Crippen LogP contribution < -0.4 is 5.69 Å². The van der Waals surface area contributed by atoms with E-state index in [-0.39, 0.29) is 5.69 Å². The molecule has 0 aliphatic carbocycles. The number of aromatic nitrogens is 7. The highest BCUT2D eigenvalue weighted by Crippen LogP contribution is 2.43. The molecule has 260 valence electrons. The molecule has 8 aromatic rings. The average Bonchev–Trinajstić information content (AvgIpc) is 3.84. The molecular formula is C45H39N7O. The van der Waals surface area contributed by atoms with Crippen LogP contribution in [0.1, 0.15) is 47.8 Å². The van der Waals surface area contributed by atoms with Crippen molar-refractivity contribution in [1.82, 2.24) is 34.6 Å². The molecule has 2 aromatic heterocycles. The first-order valence-corrected chi connectivity index (χ1v) is 18.1. The third-order valence-electron chi connectivity index (χ3n) is 9.83. The largest absolute Gasteiger partial charge is 0.351 e. The van der Waals surface area contributed by atoms with Crippen molar-refractivity contribution < 1.29 is 0 Å². The molecule has 0 atom stereocenters. The van der Waals surface area contributed by atoms with Crippen molar-refractivity contribution in [3.8, 4) is 28.2 Å². The maximum Gasteiger partial charge on any atom is 0.351 e. The van der Waals surface area contributed by atoms with Crippen LogP contribution in [0.3, 0.4) is 0 Å². The van der Waals surface area contributed by atoms with Gasteiger partial charge in [-0.25, -0.2) is 9.48 Å². The van der Waals surface area contributed by atoms with Gasteiger partial charge in [0.15, 0.2) is 5.82 Å². The first kappa shape index (κ1) is 33.5. The second kappa shape index (κ2) is 14.9. The lowest BCUT2D eigenvalue weighted by Gasteiger charge is -2.36. The van der Waals surface area contributed by atoms with Crippen LogP contribution in [0.25, 0.3) is 28.2 Å². The highest BCUT2D eigenvalue weighted by Gasteiger charge is 2.42. The Hall–Kier alpha value is -6.67. The Kier molecular flexibility index (Phi) is 9.41. The lowest BCUT2D eigenvalue weighted by Crippen LogP contribution is -2.39. The highest BCUT2D eigenvalue weighted by atomic mass is 16.2. The van der Waals surface area contributed by atoms with E-state index in [1.807, 2.05) is 65.3 Å². The number of aryl methyl sites for hydroxylation is 1. The first-order valence-electron chi connectivity index (χ1n) is 18.1. The fourth-order valence-electron chi connectivity index (χ4n) is 7.24. The van der Waals surface area contributed by atoms with Gasteiger partial charge in [-0.1, -0.05) is 171 Å². The van der Waals surface area contributed by atoms with E-state index in [0.717, 1.165) is 69.7 Å². The lowest BCUT2D eigenvalue weighted by molar-refractivity contribution is 0.451. The van der Waals surface area contributed by atoms with Crippen molar-refractivity contribution in [2.75, 3.05) is 0 Å². The molecule has 0 saturated heterocycles. The number of para-hydroxylation sites is 1. The van der Waals surface area contributed by atoms with Crippen LogP contribution in [0.5, 0.6) is 0 Å². The Morgan fingerprint density at radius 2 is 1.13 bits per heavy atom. The van der Waals surface area contributed by atoms with Crippen molar-refractivity contribution in [3.63, 3.8) is 0 Å². The minimum atomic E-state index is -0.869. The van der Waals surface area contributed by atoms with Gasteiger partial charge in [-0.3, -0.25) is 4.57 Å². The third-order valence-corrected chi connectivity index (χ3v) is 9.83. The molecule has 8 rings (SSSR count). The van der Waals surface area contributed by atoms with Gasteiger partial charge in [0, 0.05) is 12.0 Å². The Balaban J connectivity index is 1.21. The molecule has 53 heavy (non-hydrogen) atoms. The predicted octanol–water partition coefficient (Wildman–Crippen LogP) is 8.59. The summed E-state index contributed by atoms with van der Waals surface area (Å²) in [5, 5.41) is 18.6. The summed E-state index contributed by atoms with van der Waals surface area (Å²) in [6.45, 7) is 2.58. The summed E-state index contributed by atoms with van der Waals surface area (Å²) in [6, 6.07) is 57.5. The number of hydrogen-bond donors (Lipinski definition) is 0. The van der Waals surface area contributed by atoms with Gasteiger partial charge >= 0.3 is 5.69 Å². The molecule has 6 aromatic carbocycles. The molecule has 0 saturated carbocycles. The summed E-state index contributed by atoms with van der Waals surface area (Å²) in [5.41, 5.74) is 6.80. The van der Waals surface area contributed by atoms with Crippen LogP contribution in [0.4, 0.5) is 0 Å². The summed E-state index contributed by atoms with van der Waals surface area (Å²) >= 11 is 0. The predicted molar refractivity (Wildman–Crippen MR) is 209 cm³/mol. The fraction of sp³-hybridized carbons (Fsp3) is 0.133. The molecule has 0 N–H and O–H groups in total. The van der Waals surface area contributed by atoms with Crippen molar-refractivity contribution >= 4 is 0 Å². The summed E-state index contributed by atoms with van der Waals surface area (Å²) in [4.78, 5) is 13.7. The van der Waals surface area contributed by atoms with Crippen LogP contribution >= 0.6 is 0 Å². The van der Waals surface area contributed by atoms with Crippen LogP contribution in [-0.4, -0.2) is 34.6 Å².